The average Bonchev–Trinajstić information content (AvgIpc) is 2.15. The van der Waals surface area contributed by atoms with Crippen LogP contribution in [0.5, 0.6) is 0 Å². The summed E-state index contributed by atoms with van der Waals surface area (Å²) >= 11 is 5.81. The first kappa shape index (κ1) is 12.5. The molecule has 3 heteroatoms. The molecule has 1 aromatic carbocycles. The quantitative estimate of drug-likeness (QED) is 0.815. The third-order valence-electron chi connectivity index (χ3n) is 2.64. The third kappa shape index (κ3) is 3.20. The van der Waals surface area contributed by atoms with Crippen molar-refractivity contribution < 1.29 is 0 Å². The summed E-state index contributed by atoms with van der Waals surface area (Å²) in [7, 11) is 0. The smallest absolute Gasteiger partial charge is 0.0453 e. The van der Waals surface area contributed by atoms with Crippen molar-refractivity contribution in [2.75, 3.05) is 0 Å². The zero-order valence-corrected chi connectivity index (χ0v) is 10.3. The van der Waals surface area contributed by atoms with Crippen LogP contribution in [0.2, 0.25) is 5.02 Å². The minimum Gasteiger partial charge on any atom is -0.326 e. The van der Waals surface area contributed by atoms with E-state index in [1.165, 1.54) is 0 Å². The molecule has 2 unspecified atom stereocenters. The summed E-state index contributed by atoms with van der Waals surface area (Å²) in [4.78, 5) is 0. The second kappa shape index (κ2) is 4.52. The molecule has 0 aliphatic carbocycles. The molecule has 1 aromatic rings. The highest BCUT2D eigenvalue weighted by molar-refractivity contribution is 6.30. The Balaban J connectivity index is 2.85. The summed E-state index contributed by atoms with van der Waals surface area (Å²) < 4.78 is 0. The molecule has 0 heterocycles. The molecule has 0 fully saturated rings. The predicted octanol–water partition coefficient (Wildman–Crippen LogP) is 2.71. The van der Waals surface area contributed by atoms with E-state index >= 15 is 0 Å². The highest BCUT2D eigenvalue weighted by Gasteiger charge is 2.27. The highest BCUT2D eigenvalue weighted by atomic mass is 35.5. The molecule has 1 rings (SSSR count). The summed E-state index contributed by atoms with van der Waals surface area (Å²) in [6, 6.07) is 7.32. The number of hydrogen-bond acceptors (Lipinski definition) is 2. The van der Waals surface area contributed by atoms with Crippen molar-refractivity contribution in [1.82, 2.24) is 0 Å². The first-order chi connectivity index (χ1) is 6.82. The van der Waals surface area contributed by atoms with Crippen molar-refractivity contribution in [3.05, 3.63) is 34.9 Å². The van der Waals surface area contributed by atoms with E-state index in [-0.39, 0.29) is 17.5 Å². The van der Waals surface area contributed by atoms with E-state index in [2.05, 4.69) is 20.8 Å². The van der Waals surface area contributed by atoms with Gasteiger partial charge in [-0.2, -0.15) is 0 Å². The Morgan fingerprint density at radius 3 is 1.93 bits per heavy atom. The van der Waals surface area contributed by atoms with Gasteiger partial charge in [-0.25, -0.2) is 0 Å². The second-order valence-electron chi connectivity index (χ2n) is 4.97. The van der Waals surface area contributed by atoms with E-state index in [0.29, 0.717) is 0 Å². The lowest BCUT2D eigenvalue weighted by molar-refractivity contribution is 0.282. The minimum atomic E-state index is -0.151. The van der Waals surface area contributed by atoms with Gasteiger partial charge in [-0.3, -0.25) is 0 Å². The zero-order chi connectivity index (χ0) is 11.6. The lowest BCUT2D eigenvalue weighted by atomic mass is 9.81. The molecule has 0 aliphatic heterocycles. The van der Waals surface area contributed by atoms with Crippen LogP contribution < -0.4 is 11.5 Å². The standard InChI is InChI=1S/C12H19ClN2/c1-12(2,3)11(15)10(14)8-4-6-9(13)7-5-8/h4-7,10-11H,14-15H2,1-3H3. The van der Waals surface area contributed by atoms with E-state index in [9.17, 15) is 0 Å². The van der Waals surface area contributed by atoms with Gasteiger partial charge in [0.05, 0.1) is 0 Å². The molecule has 0 saturated carbocycles. The van der Waals surface area contributed by atoms with Gasteiger partial charge in [-0.15, -0.1) is 0 Å². The molecule has 84 valence electrons. The Bertz CT molecular complexity index is 313. The fraction of sp³-hybridized carbons (Fsp3) is 0.500. The lowest BCUT2D eigenvalue weighted by Crippen LogP contribution is -2.44. The van der Waals surface area contributed by atoms with E-state index < -0.39 is 0 Å². The predicted molar refractivity (Wildman–Crippen MR) is 65.8 cm³/mol. The maximum absolute atomic E-state index is 6.11. The van der Waals surface area contributed by atoms with Crippen molar-refractivity contribution in [3.8, 4) is 0 Å². The van der Waals surface area contributed by atoms with Gasteiger partial charge in [0.15, 0.2) is 0 Å². The number of hydrogen-bond donors (Lipinski definition) is 2. The number of nitrogens with two attached hydrogens (primary N) is 2. The zero-order valence-electron chi connectivity index (χ0n) is 9.50. The topological polar surface area (TPSA) is 52.0 Å². The summed E-state index contributed by atoms with van der Waals surface area (Å²) in [5, 5.41) is 0.718. The molecular weight excluding hydrogens is 208 g/mol. The van der Waals surface area contributed by atoms with Crippen molar-refractivity contribution >= 4 is 11.6 Å². The fourth-order valence-corrected chi connectivity index (χ4v) is 1.56. The van der Waals surface area contributed by atoms with E-state index in [0.717, 1.165) is 10.6 Å². The van der Waals surface area contributed by atoms with Crippen LogP contribution in [0.1, 0.15) is 32.4 Å². The average molecular weight is 227 g/mol. The molecule has 0 aliphatic rings. The molecule has 2 atom stereocenters. The molecule has 0 bridgehead atoms. The number of benzene rings is 1. The summed E-state index contributed by atoms with van der Waals surface area (Å²) in [5.74, 6) is 0. The SMILES string of the molecule is CC(C)(C)C(N)C(N)c1ccc(Cl)cc1. The monoisotopic (exact) mass is 226 g/mol. The van der Waals surface area contributed by atoms with Crippen LogP contribution in [0.15, 0.2) is 24.3 Å². The Morgan fingerprint density at radius 1 is 1.07 bits per heavy atom. The molecule has 15 heavy (non-hydrogen) atoms. The van der Waals surface area contributed by atoms with Crippen LogP contribution in [0.3, 0.4) is 0 Å². The summed E-state index contributed by atoms with van der Waals surface area (Å²) in [6.07, 6.45) is 0. The molecule has 2 nitrogen and oxygen atoms in total. The van der Waals surface area contributed by atoms with Gasteiger partial charge in [0.25, 0.3) is 0 Å². The Morgan fingerprint density at radius 2 is 1.53 bits per heavy atom. The lowest BCUT2D eigenvalue weighted by Gasteiger charge is -2.32. The van der Waals surface area contributed by atoms with E-state index in [1.54, 1.807) is 0 Å². The highest BCUT2D eigenvalue weighted by Crippen LogP contribution is 2.27. The van der Waals surface area contributed by atoms with Crippen molar-refractivity contribution in [2.45, 2.75) is 32.9 Å². The number of halogens is 1. The van der Waals surface area contributed by atoms with Gasteiger partial charge in [0, 0.05) is 17.1 Å². The van der Waals surface area contributed by atoms with Crippen LogP contribution in [-0.2, 0) is 0 Å². The van der Waals surface area contributed by atoms with Crippen LogP contribution >= 0.6 is 11.6 Å². The second-order valence-corrected chi connectivity index (χ2v) is 5.41. The van der Waals surface area contributed by atoms with E-state index in [1.807, 2.05) is 24.3 Å². The van der Waals surface area contributed by atoms with Gasteiger partial charge >= 0.3 is 0 Å². The summed E-state index contributed by atoms with van der Waals surface area (Å²) in [5.41, 5.74) is 13.2. The van der Waals surface area contributed by atoms with Crippen molar-refractivity contribution in [3.63, 3.8) is 0 Å². The molecule has 0 saturated heterocycles. The van der Waals surface area contributed by atoms with E-state index in [4.69, 9.17) is 23.1 Å². The van der Waals surface area contributed by atoms with Gasteiger partial charge < -0.3 is 11.5 Å². The molecule has 0 amide bonds. The molecule has 0 spiro atoms. The fourth-order valence-electron chi connectivity index (χ4n) is 1.43. The number of rotatable bonds is 2. The Hall–Kier alpha value is -0.570. The van der Waals surface area contributed by atoms with Crippen molar-refractivity contribution in [2.24, 2.45) is 16.9 Å². The maximum atomic E-state index is 6.11. The van der Waals surface area contributed by atoms with Crippen LogP contribution in [0.25, 0.3) is 0 Å². The minimum absolute atomic E-state index is 0.000940. The first-order valence-electron chi connectivity index (χ1n) is 5.09. The maximum Gasteiger partial charge on any atom is 0.0453 e. The van der Waals surface area contributed by atoms with Gasteiger partial charge in [-0.1, -0.05) is 44.5 Å². The molecule has 4 N–H and O–H groups in total. The largest absolute Gasteiger partial charge is 0.326 e. The Kier molecular flexibility index (Phi) is 3.77. The van der Waals surface area contributed by atoms with Crippen LogP contribution in [0, 0.1) is 5.41 Å². The van der Waals surface area contributed by atoms with Crippen molar-refractivity contribution in [1.29, 1.82) is 0 Å². The summed E-state index contributed by atoms with van der Waals surface area (Å²) in [6.45, 7) is 6.27. The molecular formula is C12H19ClN2. The normalized spacial score (nSPS) is 16.1. The van der Waals surface area contributed by atoms with Gasteiger partial charge in [-0.05, 0) is 23.1 Å². The van der Waals surface area contributed by atoms with Gasteiger partial charge in [0.2, 0.25) is 0 Å². The molecule has 0 radical (unpaired) electrons. The molecule has 0 aromatic heterocycles. The van der Waals surface area contributed by atoms with Gasteiger partial charge in [0.1, 0.15) is 0 Å². The third-order valence-corrected chi connectivity index (χ3v) is 2.89. The van der Waals surface area contributed by atoms with Crippen LogP contribution in [0.4, 0.5) is 0 Å². The first-order valence-corrected chi connectivity index (χ1v) is 5.47. The van der Waals surface area contributed by atoms with Crippen LogP contribution in [-0.4, -0.2) is 6.04 Å². The Labute approximate surface area is 96.6 Å².